The van der Waals surface area contributed by atoms with E-state index in [-0.39, 0.29) is 23.3 Å². The lowest BCUT2D eigenvalue weighted by atomic mass is 9.89. The predicted molar refractivity (Wildman–Crippen MR) is 131 cm³/mol. The minimum Gasteiger partial charge on any atom is -0.488 e. The number of hydrogen-bond acceptors (Lipinski definition) is 5. The number of carboxylic acid groups (broad SMARTS) is 1. The van der Waals surface area contributed by atoms with E-state index in [0.29, 0.717) is 28.7 Å². The first kappa shape index (κ1) is 23.6. The molecule has 0 aromatic heterocycles. The molecule has 2 aliphatic rings. The summed E-state index contributed by atoms with van der Waals surface area (Å²) in [5.74, 6) is -0.260. The number of amides is 2. The molecule has 172 valence electrons. The molecule has 2 fully saturated rings. The zero-order chi connectivity index (χ0) is 23.4. The summed E-state index contributed by atoms with van der Waals surface area (Å²) in [5.41, 5.74) is 1.73. The van der Waals surface area contributed by atoms with Gasteiger partial charge in [-0.2, -0.15) is 0 Å². The van der Waals surface area contributed by atoms with Crippen molar-refractivity contribution in [3.8, 4) is 5.75 Å². The van der Waals surface area contributed by atoms with Gasteiger partial charge in [0.15, 0.2) is 0 Å². The van der Waals surface area contributed by atoms with Gasteiger partial charge in [0.25, 0.3) is 11.1 Å². The topological polar surface area (TPSA) is 83.9 Å². The van der Waals surface area contributed by atoms with Crippen LogP contribution in [-0.4, -0.2) is 33.7 Å². The molecule has 0 unspecified atom stereocenters. The standard InChI is InChI=1S/C25H24BrNO5S/c26-20-10-11-21(32-15-17-6-8-18(9-7-17)24(29)30)19(12-20)13-22-23(28)27(25(31)33-22)14-16-4-2-1-3-5-16/h6-13,16H,1-5,14-15H2,(H,29,30)/b22-13+. The molecule has 0 atom stereocenters. The molecule has 1 N–H and O–H groups in total. The molecule has 1 saturated carbocycles. The van der Waals surface area contributed by atoms with E-state index in [1.807, 2.05) is 12.1 Å². The molecule has 8 heteroatoms. The highest BCUT2D eigenvalue weighted by molar-refractivity contribution is 9.10. The first-order chi connectivity index (χ1) is 15.9. The van der Waals surface area contributed by atoms with Crippen molar-refractivity contribution in [2.24, 2.45) is 5.92 Å². The van der Waals surface area contributed by atoms with Gasteiger partial charge in [-0.1, -0.05) is 47.3 Å². The molecule has 2 amide bonds. The fourth-order valence-corrected chi connectivity index (χ4v) is 5.31. The van der Waals surface area contributed by atoms with Crippen LogP contribution in [0.4, 0.5) is 4.79 Å². The summed E-state index contributed by atoms with van der Waals surface area (Å²) < 4.78 is 6.79. The second-order valence-corrected chi connectivity index (χ2v) is 10.2. The number of aromatic carboxylic acids is 1. The van der Waals surface area contributed by atoms with Crippen LogP contribution in [0.2, 0.25) is 0 Å². The van der Waals surface area contributed by atoms with Crippen molar-refractivity contribution >= 4 is 50.9 Å². The number of carboxylic acids is 1. The van der Waals surface area contributed by atoms with Gasteiger partial charge in [-0.3, -0.25) is 14.5 Å². The van der Waals surface area contributed by atoms with E-state index < -0.39 is 5.97 Å². The molecular formula is C25H24BrNO5S. The minimum atomic E-state index is -0.977. The van der Waals surface area contributed by atoms with Crippen LogP contribution >= 0.6 is 27.7 Å². The Labute approximate surface area is 205 Å². The smallest absolute Gasteiger partial charge is 0.335 e. The molecule has 0 bridgehead atoms. The molecule has 33 heavy (non-hydrogen) atoms. The van der Waals surface area contributed by atoms with Crippen LogP contribution in [0.5, 0.6) is 5.75 Å². The van der Waals surface area contributed by atoms with E-state index in [0.717, 1.165) is 47.5 Å². The number of ether oxygens (including phenoxy) is 1. The summed E-state index contributed by atoms with van der Waals surface area (Å²) in [5, 5.41) is 8.82. The van der Waals surface area contributed by atoms with E-state index in [1.54, 1.807) is 24.3 Å². The lowest BCUT2D eigenvalue weighted by molar-refractivity contribution is -0.123. The Morgan fingerprint density at radius 2 is 1.85 bits per heavy atom. The van der Waals surface area contributed by atoms with Gasteiger partial charge in [-0.05, 0) is 72.5 Å². The normalized spacial score (nSPS) is 18.2. The van der Waals surface area contributed by atoms with Crippen molar-refractivity contribution in [1.29, 1.82) is 0 Å². The van der Waals surface area contributed by atoms with E-state index in [4.69, 9.17) is 9.84 Å². The zero-order valence-corrected chi connectivity index (χ0v) is 20.4. The second kappa shape index (κ2) is 10.6. The van der Waals surface area contributed by atoms with Gasteiger partial charge in [-0.25, -0.2) is 4.79 Å². The summed E-state index contributed by atoms with van der Waals surface area (Å²) >= 11 is 4.43. The summed E-state index contributed by atoms with van der Waals surface area (Å²) in [6.45, 7) is 0.738. The number of carbonyl (C=O) groups is 3. The summed E-state index contributed by atoms with van der Waals surface area (Å²) in [7, 11) is 0. The number of rotatable bonds is 7. The number of carbonyl (C=O) groups excluding carboxylic acids is 2. The van der Waals surface area contributed by atoms with Crippen LogP contribution in [0.3, 0.4) is 0 Å². The van der Waals surface area contributed by atoms with Gasteiger partial charge in [0.2, 0.25) is 0 Å². The van der Waals surface area contributed by atoms with E-state index in [2.05, 4.69) is 15.9 Å². The van der Waals surface area contributed by atoms with Crippen molar-refractivity contribution in [3.05, 3.63) is 68.5 Å². The van der Waals surface area contributed by atoms with Crippen LogP contribution in [0.1, 0.15) is 53.6 Å². The molecule has 2 aromatic rings. The molecule has 2 aromatic carbocycles. The van der Waals surface area contributed by atoms with Crippen molar-refractivity contribution in [3.63, 3.8) is 0 Å². The van der Waals surface area contributed by atoms with Gasteiger partial charge in [0, 0.05) is 16.6 Å². The van der Waals surface area contributed by atoms with E-state index in [1.165, 1.54) is 23.5 Å². The second-order valence-electron chi connectivity index (χ2n) is 8.27. The van der Waals surface area contributed by atoms with Crippen LogP contribution in [0, 0.1) is 5.92 Å². The number of hydrogen-bond donors (Lipinski definition) is 1. The molecule has 6 nitrogen and oxygen atoms in total. The highest BCUT2D eigenvalue weighted by Crippen LogP contribution is 2.36. The monoisotopic (exact) mass is 529 g/mol. The van der Waals surface area contributed by atoms with E-state index in [9.17, 15) is 14.4 Å². The molecule has 1 saturated heterocycles. The van der Waals surface area contributed by atoms with Gasteiger partial charge in [0.05, 0.1) is 10.5 Å². The molecular weight excluding hydrogens is 506 g/mol. The number of halogens is 1. The molecule has 0 spiro atoms. The fraction of sp³-hybridized carbons (Fsp3) is 0.320. The Morgan fingerprint density at radius 3 is 2.55 bits per heavy atom. The minimum absolute atomic E-state index is 0.215. The third-order valence-electron chi connectivity index (χ3n) is 5.89. The summed E-state index contributed by atoms with van der Waals surface area (Å²) in [6, 6.07) is 12.0. The van der Waals surface area contributed by atoms with Crippen molar-refractivity contribution in [2.45, 2.75) is 38.7 Å². The Balaban J connectivity index is 1.49. The third-order valence-corrected chi connectivity index (χ3v) is 7.29. The fourth-order valence-electron chi connectivity index (χ4n) is 4.09. The first-order valence-corrected chi connectivity index (χ1v) is 12.5. The van der Waals surface area contributed by atoms with E-state index >= 15 is 0 Å². The maximum atomic E-state index is 13.0. The summed E-state index contributed by atoms with van der Waals surface area (Å²) in [4.78, 5) is 38.3. The molecule has 4 rings (SSSR count). The summed E-state index contributed by atoms with van der Waals surface area (Å²) in [6.07, 6.45) is 7.39. The molecule has 1 heterocycles. The molecule has 0 radical (unpaired) electrons. The predicted octanol–water partition coefficient (Wildman–Crippen LogP) is 6.34. The maximum absolute atomic E-state index is 13.0. The average Bonchev–Trinajstić information content (AvgIpc) is 3.07. The van der Waals surface area contributed by atoms with Gasteiger partial charge < -0.3 is 9.84 Å². The van der Waals surface area contributed by atoms with Crippen molar-refractivity contribution in [1.82, 2.24) is 4.90 Å². The number of thioether (sulfide) groups is 1. The quantitative estimate of drug-likeness (QED) is 0.421. The maximum Gasteiger partial charge on any atom is 0.335 e. The number of benzene rings is 2. The third kappa shape index (κ3) is 5.86. The first-order valence-electron chi connectivity index (χ1n) is 10.9. The van der Waals surface area contributed by atoms with Gasteiger partial charge in [-0.15, -0.1) is 0 Å². The Hall–Kier alpha value is -2.58. The number of nitrogens with zero attached hydrogens (tertiary/aromatic N) is 1. The van der Waals surface area contributed by atoms with Crippen LogP contribution < -0.4 is 4.74 Å². The average molecular weight is 530 g/mol. The largest absolute Gasteiger partial charge is 0.488 e. The highest BCUT2D eigenvalue weighted by Gasteiger charge is 2.36. The Bertz CT molecular complexity index is 1090. The van der Waals surface area contributed by atoms with Crippen LogP contribution in [-0.2, 0) is 11.4 Å². The van der Waals surface area contributed by atoms with Gasteiger partial charge >= 0.3 is 5.97 Å². The lowest BCUT2D eigenvalue weighted by Crippen LogP contribution is -2.34. The van der Waals surface area contributed by atoms with Crippen LogP contribution in [0.15, 0.2) is 51.8 Å². The Kier molecular flexibility index (Phi) is 7.55. The number of imide groups is 1. The SMILES string of the molecule is O=C(O)c1ccc(COc2ccc(Br)cc2/C=C2/SC(=O)N(CC3CCCCC3)C2=O)cc1. The van der Waals surface area contributed by atoms with Crippen LogP contribution in [0.25, 0.3) is 6.08 Å². The Morgan fingerprint density at radius 1 is 1.12 bits per heavy atom. The zero-order valence-electron chi connectivity index (χ0n) is 18.0. The lowest BCUT2D eigenvalue weighted by Gasteiger charge is -2.25. The van der Waals surface area contributed by atoms with Gasteiger partial charge in [0.1, 0.15) is 12.4 Å². The molecule has 1 aliphatic heterocycles. The van der Waals surface area contributed by atoms with Crippen molar-refractivity contribution < 1.29 is 24.2 Å². The molecule has 1 aliphatic carbocycles. The highest BCUT2D eigenvalue weighted by atomic mass is 79.9. The van der Waals surface area contributed by atoms with Crippen molar-refractivity contribution in [2.75, 3.05) is 6.54 Å².